The van der Waals surface area contributed by atoms with Gasteiger partial charge in [-0.05, 0) is 42.1 Å². The Morgan fingerprint density at radius 3 is 2.76 bits per heavy atom. The zero-order valence-corrected chi connectivity index (χ0v) is 17.8. The van der Waals surface area contributed by atoms with Crippen molar-refractivity contribution in [2.24, 2.45) is 0 Å². The average Bonchev–Trinajstić information content (AvgIpc) is 3.37. The Balaban J connectivity index is 1.57. The second-order valence-electron chi connectivity index (χ2n) is 6.87. The van der Waals surface area contributed by atoms with E-state index in [1.165, 1.54) is 10.4 Å². The number of fused-ring (bicyclic) bond motifs is 1. The topological polar surface area (TPSA) is 80.6 Å². The highest BCUT2D eigenvalue weighted by molar-refractivity contribution is 7.89. The molecule has 3 aromatic rings. The first-order valence-electron chi connectivity index (χ1n) is 9.56. The van der Waals surface area contributed by atoms with Gasteiger partial charge in [0.25, 0.3) is 5.91 Å². The summed E-state index contributed by atoms with van der Waals surface area (Å²) in [7, 11) is -3.72. The van der Waals surface area contributed by atoms with Crippen LogP contribution >= 0.6 is 11.3 Å². The molecule has 1 aromatic carbocycles. The maximum absolute atomic E-state index is 13.0. The van der Waals surface area contributed by atoms with E-state index < -0.39 is 15.9 Å². The highest BCUT2D eigenvalue weighted by Gasteiger charge is 2.31. The van der Waals surface area contributed by atoms with Gasteiger partial charge in [0.15, 0.2) is 0 Å². The van der Waals surface area contributed by atoms with Crippen LogP contribution in [0.1, 0.15) is 23.0 Å². The third-order valence-electron chi connectivity index (χ3n) is 4.92. The van der Waals surface area contributed by atoms with Gasteiger partial charge in [-0.2, -0.15) is 4.31 Å². The number of nitrogens with zero attached hydrogens (tertiary/aromatic N) is 2. The van der Waals surface area contributed by atoms with Crippen LogP contribution in [0.4, 0.5) is 5.69 Å². The van der Waals surface area contributed by atoms with Gasteiger partial charge in [0, 0.05) is 42.4 Å². The molecule has 7 nitrogen and oxygen atoms in total. The SMILES string of the molecule is CCCn1ccc2cc(NC(=O)c3sccc3S(=O)(=O)N3CCOCC3)ccc21. The first kappa shape index (κ1) is 20.1. The molecule has 1 saturated heterocycles. The van der Waals surface area contributed by atoms with E-state index in [1.54, 1.807) is 5.38 Å². The molecule has 1 N–H and O–H groups in total. The number of hydrogen-bond donors (Lipinski definition) is 1. The van der Waals surface area contributed by atoms with Crippen molar-refractivity contribution in [1.82, 2.24) is 8.87 Å². The van der Waals surface area contributed by atoms with Crippen molar-refractivity contribution in [3.63, 3.8) is 0 Å². The lowest BCUT2D eigenvalue weighted by Gasteiger charge is -2.26. The van der Waals surface area contributed by atoms with Crippen LogP contribution < -0.4 is 5.32 Å². The fraction of sp³-hybridized carbons (Fsp3) is 0.350. The molecular weight excluding hydrogens is 410 g/mol. The number of aryl methyl sites for hydroxylation is 1. The lowest BCUT2D eigenvalue weighted by atomic mass is 10.2. The van der Waals surface area contributed by atoms with Crippen molar-refractivity contribution in [1.29, 1.82) is 0 Å². The number of amides is 1. The molecule has 1 aliphatic rings. The molecule has 0 bridgehead atoms. The summed E-state index contributed by atoms with van der Waals surface area (Å²) in [6.45, 7) is 4.39. The molecule has 1 fully saturated rings. The molecule has 2 aromatic heterocycles. The van der Waals surface area contributed by atoms with Gasteiger partial charge < -0.3 is 14.6 Å². The minimum absolute atomic E-state index is 0.0528. The maximum Gasteiger partial charge on any atom is 0.267 e. The molecule has 0 radical (unpaired) electrons. The van der Waals surface area contributed by atoms with Gasteiger partial charge in [-0.3, -0.25) is 4.79 Å². The molecule has 154 valence electrons. The number of carbonyl (C=O) groups is 1. The van der Waals surface area contributed by atoms with Crippen LogP contribution in [0.3, 0.4) is 0 Å². The van der Waals surface area contributed by atoms with Crippen molar-refractivity contribution in [3.8, 4) is 0 Å². The third kappa shape index (κ3) is 3.95. The van der Waals surface area contributed by atoms with Crippen LogP contribution in [0.5, 0.6) is 0 Å². The van der Waals surface area contributed by atoms with Gasteiger partial charge in [-0.1, -0.05) is 6.92 Å². The molecule has 29 heavy (non-hydrogen) atoms. The zero-order valence-electron chi connectivity index (χ0n) is 16.1. The van der Waals surface area contributed by atoms with E-state index in [-0.39, 0.29) is 9.77 Å². The van der Waals surface area contributed by atoms with Crippen LogP contribution in [-0.4, -0.2) is 49.5 Å². The molecule has 0 aliphatic carbocycles. The monoisotopic (exact) mass is 433 g/mol. The fourth-order valence-electron chi connectivity index (χ4n) is 3.49. The van der Waals surface area contributed by atoms with Crippen molar-refractivity contribution >= 4 is 43.9 Å². The molecule has 4 rings (SSSR count). The number of rotatable bonds is 6. The molecule has 0 atom stereocenters. The van der Waals surface area contributed by atoms with Crippen molar-refractivity contribution < 1.29 is 17.9 Å². The molecule has 0 unspecified atom stereocenters. The summed E-state index contributed by atoms with van der Waals surface area (Å²) in [4.78, 5) is 13.1. The smallest absolute Gasteiger partial charge is 0.267 e. The zero-order chi connectivity index (χ0) is 20.4. The summed E-state index contributed by atoms with van der Waals surface area (Å²) in [6, 6.07) is 9.23. The van der Waals surface area contributed by atoms with Gasteiger partial charge in [0.2, 0.25) is 10.0 Å². The van der Waals surface area contributed by atoms with Crippen molar-refractivity contribution in [3.05, 3.63) is 46.8 Å². The molecule has 0 saturated carbocycles. The minimum Gasteiger partial charge on any atom is -0.379 e. The summed E-state index contributed by atoms with van der Waals surface area (Å²) in [5.41, 5.74) is 1.75. The number of carbonyl (C=O) groups excluding carboxylic acids is 1. The molecule has 1 aliphatic heterocycles. The lowest BCUT2D eigenvalue weighted by molar-refractivity contribution is 0.0730. The van der Waals surface area contributed by atoms with E-state index in [0.29, 0.717) is 32.0 Å². The van der Waals surface area contributed by atoms with Crippen LogP contribution in [0.15, 0.2) is 46.8 Å². The van der Waals surface area contributed by atoms with Gasteiger partial charge in [0.1, 0.15) is 9.77 Å². The Labute approximate surface area is 173 Å². The second-order valence-corrected chi connectivity index (χ2v) is 9.69. The average molecular weight is 434 g/mol. The standard InChI is InChI=1S/C20H23N3O4S2/c1-2-7-22-8-5-15-14-16(3-4-17(15)22)21-20(24)19-18(6-13-28-19)29(25,26)23-9-11-27-12-10-23/h3-6,8,13-14H,2,7,9-12H2,1H3,(H,21,24). The Morgan fingerprint density at radius 2 is 2.00 bits per heavy atom. The Morgan fingerprint density at radius 1 is 1.21 bits per heavy atom. The molecule has 3 heterocycles. The highest BCUT2D eigenvalue weighted by Crippen LogP contribution is 2.28. The molecule has 1 amide bonds. The number of thiophene rings is 1. The summed E-state index contributed by atoms with van der Waals surface area (Å²) >= 11 is 1.13. The third-order valence-corrected chi connectivity index (χ3v) is 7.90. The number of aromatic nitrogens is 1. The van der Waals surface area contributed by atoms with E-state index in [1.807, 2.05) is 30.5 Å². The quantitative estimate of drug-likeness (QED) is 0.646. The number of benzene rings is 1. The summed E-state index contributed by atoms with van der Waals surface area (Å²) in [5.74, 6) is -0.417. The van der Waals surface area contributed by atoms with Crippen LogP contribution in [0.25, 0.3) is 10.9 Å². The van der Waals surface area contributed by atoms with E-state index in [4.69, 9.17) is 4.74 Å². The van der Waals surface area contributed by atoms with Gasteiger partial charge >= 0.3 is 0 Å². The second kappa shape index (κ2) is 8.27. The van der Waals surface area contributed by atoms with E-state index in [2.05, 4.69) is 16.8 Å². The first-order valence-corrected chi connectivity index (χ1v) is 11.9. The normalized spacial score (nSPS) is 15.6. The van der Waals surface area contributed by atoms with Crippen LogP contribution in [0, 0.1) is 0 Å². The maximum atomic E-state index is 13.0. The van der Waals surface area contributed by atoms with Crippen LogP contribution in [-0.2, 0) is 21.3 Å². The minimum atomic E-state index is -3.72. The lowest BCUT2D eigenvalue weighted by Crippen LogP contribution is -2.41. The number of nitrogens with one attached hydrogen (secondary N) is 1. The van der Waals surface area contributed by atoms with E-state index in [9.17, 15) is 13.2 Å². The highest BCUT2D eigenvalue weighted by atomic mass is 32.2. The number of sulfonamides is 1. The molecule has 0 spiro atoms. The predicted octanol–water partition coefficient (Wildman–Crippen LogP) is 3.39. The Bertz CT molecular complexity index is 1130. The Hall–Kier alpha value is -2.20. The Kier molecular flexibility index (Phi) is 5.73. The van der Waals surface area contributed by atoms with E-state index >= 15 is 0 Å². The summed E-state index contributed by atoms with van der Waals surface area (Å²) in [5, 5.41) is 5.51. The number of ether oxygens (including phenoxy) is 1. The van der Waals surface area contributed by atoms with Crippen molar-refractivity contribution in [2.45, 2.75) is 24.8 Å². The summed E-state index contributed by atoms with van der Waals surface area (Å²) in [6.07, 6.45) is 3.08. The van der Waals surface area contributed by atoms with Crippen LogP contribution in [0.2, 0.25) is 0 Å². The van der Waals surface area contributed by atoms with Gasteiger partial charge in [-0.15, -0.1) is 11.3 Å². The molecule has 9 heteroatoms. The fourth-order valence-corrected chi connectivity index (χ4v) is 6.20. The first-order chi connectivity index (χ1) is 14.0. The largest absolute Gasteiger partial charge is 0.379 e. The predicted molar refractivity (Wildman–Crippen MR) is 114 cm³/mol. The molecular formula is C20H23N3O4S2. The number of anilines is 1. The number of morpholine rings is 1. The van der Waals surface area contributed by atoms with Gasteiger partial charge in [-0.25, -0.2) is 8.42 Å². The number of hydrogen-bond acceptors (Lipinski definition) is 5. The van der Waals surface area contributed by atoms with Crippen molar-refractivity contribution in [2.75, 3.05) is 31.6 Å². The summed E-state index contributed by atoms with van der Waals surface area (Å²) < 4.78 is 34.7. The van der Waals surface area contributed by atoms with Gasteiger partial charge in [0.05, 0.1) is 13.2 Å². The van der Waals surface area contributed by atoms with E-state index in [0.717, 1.165) is 35.2 Å².